The van der Waals surface area contributed by atoms with Crippen LogP contribution in [0.1, 0.15) is 39.9 Å². The van der Waals surface area contributed by atoms with Crippen molar-refractivity contribution in [3.05, 3.63) is 64.1 Å². The smallest absolute Gasteiger partial charge is 0.161 e. The number of halogens is 1. The van der Waals surface area contributed by atoms with Gasteiger partial charge in [0.25, 0.3) is 0 Å². The maximum atomic E-state index is 11.8. The Morgan fingerprint density at radius 3 is 2.62 bits per heavy atom. The Labute approximate surface area is 146 Å². The van der Waals surface area contributed by atoms with Gasteiger partial charge in [-0.25, -0.2) is 4.99 Å². The molecule has 0 unspecified atom stereocenters. The number of nitrogens with one attached hydrogen (secondary N) is 2. The fourth-order valence-electron chi connectivity index (χ4n) is 2.89. The van der Waals surface area contributed by atoms with Crippen LogP contribution in [0.15, 0.2) is 40.9 Å². The molecule has 0 spiro atoms. The van der Waals surface area contributed by atoms with Crippen LogP contribution in [0, 0.1) is 13.8 Å². The molecule has 2 aromatic rings. The molecule has 0 aromatic carbocycles. The van der Waals surface area contributed by atoms with Crippen LogP contribution >= 0.6 is 12.4 Å². The molecule has 0 saturated heterocycles. The van der Waals surface area contributed by atoms with Crippen molar-refractivity contribution in [3.8, 4) is 0 Å². The van der Waals surface area contributed by atoms with Gasteiger partial charge in [-0.05, 0) is 44.5 Å². The fraction of sp³-hybridized carbons (Fsp3) is 0.222. The molecule has 0 saturated carbocycles. The van der Waals surface area contributed by atoms with Gasteiger partial charge in [-0.3, -0.25) is 4.79 Å². The van der Waals surface area contributed by atoms with Crippen LogP contribution in [0.3, 0.4) is 0 Å². The molecule has 3 heterocycles. The number of allylic oxidation sites excluding steroid dienone is 1. The number of H-pyrrole nitrogens is 2. The second kappa shape index (κ2) is 6.93. The number of rotatable bonds is 4. The normalized spacial score (nSPS) is 15.1. The first-order valence-corrected chi connectivity index (χ1v) is 7.41. The van der Waals surface area contributed by atoms with Crippen LogP contribution in [0.5, 0.6) is 0 Å². The maximum Gasteiger partial charge on any atom is 0.161 e. The summed E-state index contributed by atoms with van der Waals surface area (Å²) in [4.78, 5) is 22.8. The number of methoxy groups -OCH3 is 1. The average molecular weight is 346 g/mol. The minimum absolute atomic E-state index is 0. The van der Waals surface area contributed by atoms with Gasteiger partial charge in [0.05, 0.1) is 18.5 Å². The number of hydrogen-bond donors (Lipinski definition) is 2. The van der Waals surface area contributed by atoms with Crippen molar-refractivity contribution in [2.24, 2.45) is 4.99 Å². The van der Waals surface area contributed by atoms with E-state index < -0.39 is 0 Å². The van der Waals surface area contributed by atoms with Gasteiger partial charge >= 0.3 is 0 Å². The number of Topliss-reactive ketones (excluding diaryl/α,β-unsaturated/α-hetero) is 1. The summed E-state index contributed by atoms with van der Waals surface area (Å²) in [5.74, 6) is 0.760. The van der Waals surface area contributed by atoms with Crippen molar-refractivity contribution in [3.63, 3.8) is 0 Å². The zero-order chi connectivity index (χ0) is 16.6. The van der Waals surface area contributed by atoms with Gasteiger partial charge in [-0.15, -0.1) is 12.4 Å². The highest BCUT2D eigenvalue weighted by Gasteiger charge is 2.19. The standard InChI is InChI=1S/C18H19N3O2.ClH/c1-10-14(20-11(2)18(10)12(3)22)8-16-17(23-4)9-15(21-16)13-6-5-7-19-13;/h5-9,19-20H,1-4H3;1H/b16-8-;. The fourth-order valence-corrected chi connectivity index (χ4v) is 2.89. The summed E-state index contributed by atoms with van der Waals surface area (Å²) in [6.45, 7) is 5.42. The molecule has 6 heteroatoms. The van der Waals surface area contributed by atoms with Crippen molar-refractivity contribution in [1.29, 1.82) is 0 Å². The third-order valence-electron chi connectivity index (χ3n) is 3.96. The van der Waals surface area contributed by atoms with Gasteiger partial charge in [0.1, 0.15) is 11.5 Å². The zero-order valence-electron chi connectivity index (χ0n) is 14.1. The summed E-state index contributed by atoms with van der Waals surface area (Å²) in [6, 6.07) is 3.89. The Morgan fingerprint density at radius 2 is 2.08 bits per heavy atom. The molecule has 2 aromatic heterocycles. The number of hydrogen-bond acceptors (Lipinski definition) is 3. The number of carbonyl (C=O) groups is 1. The lowest BCUT2D eigenvalue weighted by molar-refractivity contribution is 0.101. The SMILES string of the molecule is COC1=CC(c2ccc[nH]2)=N/C1=C\c1[nH]c(C)c(C(C)=O)c1C.Cl. The number of aromatic amines is 2. The molecule has 0 fully saturated rings. The Morgan fingerprint density at radius 1 is 1.33 bits per heavy atom. The Hall–Kier alpha value is -2.53. The molecule has 0 aliphatic carbocycles. The molecule has 1 aliphatic rings. The third-order valence-corrected chi connectivity index (χ3v) is 3.96. The van der Waals surface area contributed by atoms with Gasteiger partial charge in [-0.1, -0.05) is 0 Å². The van der Waals surface area contributed by atoms with E-state index in [0.29, 0.717) is 5.76 Å². The van der Waals surface area contributed by atoms with Gasteiger partial charge in [0.15, 0.2) is 5.78 Å². The van der Waals surface area contributed by atoms with Crippen LogP contribution in [0.2, 0.25) is 0 Å². The number of nitrogens with zero attached hydrogens (tertiary/aromatic N) is 1. The number of carbonyl (C=O) groups excluding carboxylic acids is 1. The Bertz CT molecular complexity index is 855. The molecule has 5 nitrogen and oxygen atoms in total. The summed E-state index contributed by atoms with van der Waals surface area (Å²) in [6.07, 6.45) is 5.67. The number of aliphatic imine (C=N–C) groups is 1. The van der Waals surface area contributed by atoms with Crippen molar-refractivity contribution in [2.45, 2.75) is 20.8 Å². The van der Waals surface area contributed by atoms with Crippen LogP contribution in [0.25, 0.3) is 6.08 Å². The van der Waals surface area contributed by atoms with Gasteiger partial charge in [0.2, 0.25) is 0 Å². The number of aryl methyl sites for hydroxylation is 1. The Balaban J connectivity index is 0.00000208. The number of ether oxygens (including phenoxy) is 1. The van der Waals surface area contributed by atoms with E-state index in [4.69, 9.17) is 4.74 Å². The van der Waals surface area contributed by atoms with Crippen molar-refractivity contribution in [2.75, 3.05) is 7.11 Å². The number of ketones is 1. The molecule has 3 rings (SSSR count). The third kappa shape index (κ3) is 3.08. The number of aromatic nitrogens is 2. The van der Waals surface area contributed by atoms with E-state index in [2.05, 4.69) is 15.0 Å². The topological polar surface area (TPSA) is 70.2 Å². The van der Waals surface area contributed by atoms with E-state index in [0.717, 1.165) is 39.6 Å². The van der Waals surface area contributed by atoms with Crippen LogP contribution in [-0.2, 0) is 4.74 Å². The highest BCUT2D eigenvalue weighted by atomic mass is 35.5. The molecular weight excluding hydrogens is 326 g/mol. The lowest BCUT2D eigenvalue weighted by Crippen LogP contribution is -1.94. The minimum Gasteiger partial charge on any atom is -0.494 e. The lowest BCUT2D eigenvalue weighted by Gasteiger charge is -2.01. The summed E-state index contributed by atoms with van der Waals surface area (Å²) in [5.41, 5.74) is 5.92. The van der Waals surface area contributed by atoms with E-state index in [1.165, 1.54) is 0 Å². The van der Waals surface area contributed by atoms with Gasteiger partial charge in [0, 0.05) is 29.2 Å². The van der Waals surface area contributed by atoms with E-state index in [9.17, 15) is 4.79 Å². The van der Waals surface area contributed by atoms with Crippen LogP contribution in [0.4, 0.5) is 0 Å². The molecule has 1 aliphatic heterocycles. The Kier molecular flexibility index (Phi) is 5.14. The zero-order valence-corrected chi connectivity index (χ0v) is 14.9. The quantitative estimate of drug-likeness (QED) is 0.823. The molecule has 0 radical (unpaired) electrons. The van der Waals surface area contributed by atoms with Gasteiger partial charge in [-0.2, -0.15) is 0 Å². The molecule has 0 amide bonds. The highest BCUT2D eigenvalue weighted by Crippen LogP contribution is 2.27. The monoisotopic (exact) mass is 345 g/mol. The van der Waals surface area contributed by atoms with Crippen molar-refractivity contribution in [1.82, 2.24) is 9.97 Å². The molecule has 0 bridgehead atoms. The summed E-state index contributed by atoms with van der Waals surface area (Å²) in [7, 11) is 1.63. The highest BCUT2D eigenvalue weighted by molar-refractivity contribution is 6.11. The first-order chi connectivity index (χ1) is 11.0. The molecule has 0 atom stereocenters. The summed E-state index contributed by atoms with van der Waals surface area (Å²) < 4.78 is 5.43. The average Bonchev–Trinajstić information content (AvgIpc) is 3.19. The lowest BCUT2D eigenvalue weighted by atomic mass is 10.1. The molecule has 2 N–H and O–H groups in total. The summed E-state index contributed by atoms with van der Waals surface area (Å²) >= 11 is 0. The second-order valence-electron chi connectivity index (χ2n) is 5.54. The second-order valence-corrected chi connectivity index (χ2v) is 5.54. The van der Waals surface area contributed by atoms with E-state index in [1.54, 1.807) is 14.0 Å². The predicted octanol–water partition coefficient (Wildman–Crippen LogP) is 3.96. The van der Waals surface area contributed by atoms with Crippen molar-refractivity contribution >= 4 is 30.0 Å². The maximum absolute atomic E-state index is 11.8. The largest absolute Gasteiger partial charge is 0.494 e. The first-order valence-electron chi connectivity index (χ1n) is 7.41. The van der Waals surface area contributed by atoms with Crippen LogP contribution in [-0.4, -0.2) is 28.6 Å². The van der Waals surface area contributed by atoms with E-state index >= 15 is 0 Å². The molecular formula is C18H20ClN3O2. The van der Waals surface area contributed by atoms with Crippen LogP contribution < -0.4 is 0 Å². The molecule has 24 heavy (non-hydrogen) atoms. The predicted molar refractivity (Wildman–Crippen MR) is 97.9 cm³/mol. The van der Waals surface area contributed by atoms with E-state index in [-0.39, 0.29) is 18.2 Å². The minimum atomic E-state index is 0. The summed E-state index contributed by atoms with van der Waals surface area (Å²) in [5, 5.41) is 0. The van der Waals surface area contributed by atoms with Crippen molar-refractivity contribution < 1.29 is 9.53 Å². The van der Waals surface area contributed by atoms with E-state index in [1.807, 2.05) is 44.3 Å². The van der Waals surface area contributed by atoms with Gasteiger partial charge < -0.3 is 14.7 Å². The molecule has 126 valence electrons. The first kappa shape index (κ1) is 17.8.